The minimum atomic E-state index is -1.14. The van der Waals surface area contributed by atoms with Gasteiger partial charge < -0.3 is 26.0 Å². The summed E-state index contributed by atoms with van der Waals surface area (Å²) in [6.07, 6.45) is 0.830. The number of esters is 1. The minimum absolute atomic E-state index is 0.103. The van der Waals surface area contributed by atoms with Crippen molar-refractivity contribution in [3.8, 4) is 0 Å². The number of β-lactam (4-membered cyclic amide) rings is 1. The second-order valence-corrected chi connectivity index (χ2v) is 6.04. The van der Waals surface area contributed by atoms with Gasteiger partial charge in [-0.05, 0) is 26.3 Å². The first-order chi connectivity index (χ1) is 10.7. The first kappa shape index (κ1) is 17.2. The molecule has 0 bridgehead atoms. The van der Waals surface area contributed by atoms with Gasteiger partial charge in [-0.2, -0.15) is 0 Å². The van der Waals surface area contributed by atoms with E-state index in [-0.39, 0.29) is 12.5 Å². The Morgan fingerprint density at radius 3 is 2.65 bits per heavy atom. The SMILES string of the molecule is CC(=O)OC(C)[C@H](NC(=O)CN1CC2(CCCN2)C1=O)C(N)=O. The summed E-state index contributed by atoms with van der Waals surface area (Å²) in [6, 6.07) is -1.14. The van der Waals surface area contributed by atoms with E-state index < -0.39 is 35.5 Å². The highest BCUT2D eigenvalue weighted by molar-refractivity contribution is 5.97. The number of hydrogen-bond acceptors (Lipinski definition) is 6. The molecule has 0 aliphatic carbocycles. The van der Waals surface area contributed by atoms with Crippen LogP contribution >= 0.6 is 0 Å². The lowest BCUT2D eigenvalue weighted by atomic mass is 9.87. The molecule has 1 spiro atoms. The van der Waals surface area contributed by atoms with Crippen LogP contribution in [0.4, 0.5) is 0 Å². The molecule has 0 aromatic rings. The topological polar surface area (TPSA) is 131 Å². The van der Waals surface area contributed by atoms with Crippen LogP contribution in [0.2, 0.25) is 0 Å². The Kier molecular flexibility index (Phi) is 4.88. The monoisotopic (exact) mass is 326 g/mol. The van der Waals surface area contributed by atoms with Gasteiger partial charge in [-0.25, -0.2) is 0 Å². The number of nitrogens with one attached hydrogen (secondary N) is 2. The van der Waals surface area contributed by atoms with Crippen LogP contribution in [-0.4, -0.2) is 65.9 Å². The number of nitrogens with zero attached hydrogens (tertiary/aromatic N) is 1. The Morgan fingerprint density at radius 1 is 1.48 bits per heavy atom. The van der Waals surface area contributed by atoms with Gasteiger partial charge in [-0.3, -0.25) is 19.2 Å². The molecular weight excluding hydrogens is 304 g/mol. The van der Waals surface area contributed by atoms with Crippen molar-refractivity contribution in [3.05, 3.63) is 0 Å². The quantitative estimate of drug-likeness (QED) is 0.377. The van der Waals surface area contributed by atoms with Crippen LogP contribution in [-0.2, 0) is 23.9 Å². The fourth-order valence-corrected chi connectivity index (χ4v) is 3.07. The zero-order valence-corrected chi connectivity index (χ0v) is 13.3. The minimum Gasteiger partial charge on any atom is -0.460 e. The van der Waals surface area contributed by atoms with Crippen LogP contribution in [0.25, 0.3) is 0 Å². The molecule has 0 radical (unpaired) electrons. The molecule has 0 saturated carbocycles. The highest BCUT2D eigenvalue weighted by atomic mass is 16.5. The molecule has 3 amide bonds. The lowest BCUT2D eigenvalue weighted by Gasteiger charge is -2.46. The first-order valence-corrected chi connectivity index (χ1v) is 7.55. The van der Waals surface area contributed by atoms with Gasteiger partial charge in [0.05, 0.1) is 6.54 Å². The third-order valence-electron chi connectivity index (χ3n) is 4.18. The largest absolute Gasteiger partial charge is 0.460 e. The first-order valence-electron chi connectivity index (χ1n) is 7.55. The van der Waals surface area contributed by atoms with Crippen molar-refractivity contribution in [1.29, 1.82) is 0 Å². The molecule has 0 aromatic carbocycles. The molecular formula is C14H22N4O5. The fourth-order valence-electron chi connectivity index (χ4n) is 3.07. The van der Waals surface area contributed by atoms with Crippen molar-refractivity contribution >= 4 is 23.7 Å². The zero-order chi connectivity index (χ0) is 17.2. The number of hydrogen-bond donors (Lipinski definition) is 3. The second-order valence-electron chi connectivity index (χ2n) is 6.04. The summed E-state index contributed by atoms with van der Waals surface area (Å²) in [4.78, 5) is 47.9. The lowest BCUT2D eigenvalue weighted by Crippen LogP contribution is -2.72. The van der Waals surface area contributed by atoms with Gasteiger partial charge >= 0.3 is 5.97 Å². The van der Waals surface area contributed by atoms with Crippen LogP contribution in [0.1, 0.15) is 26.7 Å². The highest BCUT2D eigenvalue weighted by Gasteiger charge is 2.53. The van der Waals surface area contributed by atoms with E-state index in [1.165, 1.54) is 18.7 Å². The highest BCUT2D eigenvalue weighted by Crippen LogP contribution is 2.30. The molecule has 2 rings (SSSR count). The van der Waals surface area contributed by atoms with Crippen molar-refractivity contribution in [1.82, 2.24) is 15.5 Å². The standard InChI is InChI=1S/C14H22N4O5/c1-8(23-9(2)19)11(12(15)21)17-10(20)6-18-7-14(13(18)22)4-3-5-16-14/h8,11,16H,3-7H2,1-2H3,(H2,15,21)(H,17,20)/t8?,11-,14?/m0/s1. The summed E-state index contributed by atoms with van der Waals surface area (Å²) in [7, 11) is 0. The third kappa shape index (κ3) is 3.61. The average molecular weight is 326 g/mol. The molecule has 2 unspecified atom stereocenters. The Hall–Kier alpha value is -2.16. The molecule has 2 heterocycles. The number of primary amides is 1. The van der Waals surface area contributed by atoms with Crippen molar-refractivity contribution < 1.29 is 23.9 Å². The van der Waals surface area contributed by atoms with Gasteiger partial charge in [0.1, 0.15) is 17.7 Å². The number of amides is 3. The summed E-state index contributed by atoms with van der Waals surface area (Å²) in [5.41, 5.74) is 4.72. The Labute approximate surface area is 133 Å². The van der Waals surface area contributed by atoms with Crippen LogP contribution < -0.4 is 16.4 Å². The van der Waals surface area contributed by atoms with E-state index in [4.69, 9.17) is 10.5 Å². The molecule has 2 saturated heterocycles. The van der Waals surface area contributed by atoms with Gasteiger partial charge in [-0.15, -0.1) is 0 Å². The molecule has 0 aromatic heterocycles. The van der Waals surface area contributed by atoms with Gasteiger partial charge in [0, 0.05) is 13.5 Å². The predicted octanol–water partition coefficient (Wildman–Crippen LogP) is -2.13. The van der Waals surface area contributed by atoms with Crippen LogP contribution in [0.5, 0.6) is 0 Å². The molecule has 128 valence electrons. The van der Waals surface area contributed by atoms with E-state index in [2.05, 4.69) is 10.6 Å². The number of ether oxygens (including phenoxy) is 1. The predicted molar refractivity (Wildman–Crippen MR) is 78.9 cm³/mol. The van der Waals surface area contributed by atoms with Gasteiger partial charge in [0.15, 0.2) is 0 Å². The van der Waals surface area contributed by atoms with Crippen LogP contribution in [0, 0.1) is 0 Å². The summed E-state index contributed by atoms with van der Waals surface area (Å²) in [5.74, 6) is -2.01. The maximum Gasteiger partial charge on any atom is 0.302 e. The van der Waals surface area contributed by atoms with E-state index in [1.807, 2.05) is 0 Å². The maximum atomic E-state index is 12.1. The maximum absolute atomic E-state index is 12.1. The summed E-state index contributed by atoms with van der Waals surface area (Å²) < 4.78 is 4.87. The third-order valence-corrected chi connectivity index (χ3v) is 4.18. The number of nitrogens with two attached hydrogens (primary N) is 1. The van der Waals surface area contributed by atoms with Gasteiger partial charge in [0.25, 0.3) is 0 Å². The van der Waals surface area contributed by atoms with E-state index in [0.29, 0.717) is 6.54 Å². The zero-order valence-electron chi connectivity index (χ0n) is 13.3. The van der Waals surface area contributed by atoms with Crippen molar-refractivity contribution in [2.45, 2.75) is 44.4 Å². The summed E-state index contributed by atoms with van der Waals surface area (Å²) in [6.45, 7) is 3.78. The van der Waals surface area contributed by atoms with Crippen molar-refractivity contribution in [3.63, 3.8) is 0 Å². The molecule has 2 aliphatic heterocycles. The van der Waals surface area contributed by atoms with Crippen LogP contribution in [0.15, 0.2) is 0 Å². The lowest BCUT2D eigenvalue weighted by molar-refractivity contribution is -0.155. The number of carbonyl (C=O) groups excluding carboxylic acids is 4. The van der Waals surface area contributed by atoms with E-state index >= 15 is 0 Å². The summed E-state index contributed by atoms with van der Waals surface area (Å²) in [5, 5.41) is 5.58. The molecule has 4 N–H and O–H groups in total. The van der Waals surface area contributed by atoms with Crippen LogP contribution in [0.3, 0.4) is 0 Å². The van der Waals surface area contributed by atoms with E-state index in [0.717, 1.165) is 19.4 Å². The van der Waals surface area contributed by atoms with E-state index in [1.54, 1.807) is 0 Å². The Bertz CT molecular complexity index is 529. The number of carbonyl (C=O) groups is 4. The van der Waals surface area contributed by atoms with Crippen molar-refractivity contribution in [2.75, 3.05) is 19.6 Å². The normalized spacial score (nSPS) is 25.7. The van der Waals surface area contributed by atoms with E-state index in [9.17, 15) is 19.2 Å². The molecule has 23 heavy (non-hydrogen) atoms. The Balaban J connectivity index is 1.86. The second kappa shape index (κ2) is 6.53. The molecule has 3 atom stereocenters. The van der Waals surface area contributed by atoms with Crippen molar-refractivity contribution in [2.24, 2.45) is 5.73 Å². The van der Waals surface area contributed by atoms with Gasteiger partial charge in [0.2, 0.25) is 17.7 Å². The number of likely N-dealkylation sites (tertiary alicyclic amines) is 1. The molecule has 2 aliphatic rings. The average Bonchev–Trinajstić information content (AvgIpc) is 2.94. The number of rotatable bonds is 6. The summed E-state index contributed by atoms with van der Waals surface area (Å²) >= 11 is 0. The molecule has 9 heteroatoms. The smallest absolute Gasteiger partial charge is 0.302 e. The molecule has 2 fully saturated rings. The van der Waals surface area contributed by atoms with Gasteiger partial charge in [-0.1, -0.05) is 0 Å². The fraction of sp³-hybridized carbons (Fsp3) is 0.714. The molecule has 9 nitrogen and oxygen atoms in total. The Morgan fingerprint density at radius 2 is 2.17 bits per heavy atom.